The van der Waals surface area contributed by atoms with Gasteiger partial charge in [-0.3, -0.25) is 10.1 Å². The SMILES string of the molecule is O=C(Nc1nc2ccccc2n1CCCn1ccnc1)c1cc(F)ccc1-c1ccoc1. The topological polar surface area (TPSA) is 77.9 Å². The quantitative estimate of drug-likeness (QED) is 0.396. The summed E-state index contributed by atoms with van der Waals surface area (Å²) >= 11 is 0. The van der Waals surface area contributed by atoms with Crippen LogP contribution >= 0.6 is 0 Å². The number of hydrogen-bond donors (Lipinski definition) is 1. The van der Waals surface area contributed by atoms with Gasteiger partial charge in [0.15, 0.2) is 0 Å². The van der Waals surface area contributed by atoms with Gasteiger partial charge in [0.25, 0.3) is 5.91 Å². The zero-order valence-corrected chi connectivity index (χ0v) is 17.1. The molecule has 0 spiro atoms. The van der Waals surface area contributed by atoms with Crippen LogP contribution in [0.1, 0.15) is 16.8 Å². The molecule has 0 bridgehead atoms. The molecule has 0 aliphatic rings. The van der Waals surface area contributed by atoms with E-state index in [0.717, 1.165) is 24.0 Å². The summed E-state index contributed by atoms with van der Waals surface area (Å²) in [5.41, 5.74) is 3.19. The number of halogens is 1. The van der Waals surface area contributed by atoms with Crippen molar-refractivity contribution in [3.8, 4) is 11.1 Å². The van der Waals surface area contributed by atoms with Crippen LogP contribution in [0.15, 0.2) is 84.2 Å². The molecule has 0 saturated carbocycles. The van der Waals surface area contributed by atoms with Crippen LogP contribution in [-0.4, -0.2) is 25.0 Å². The molecule has 0 unspecified atom stereocenters. The third-order valence-corrected chi connectivity index (χ3v) is 5.30. The molecule has 1 amide bonds. The van der Waals surface area contributed by atoms with E-state index in [4.69, 9.17) is 4.42 Å². The third-order valence-electron chi connectivity index (χ3n) is 5.30. The molecule has 160 valence electrons. The van der Waals surface area contributed by atoms with E-state index in [1.807, 2.05) is 39.6 Å². The Labute approximate surface area is 183 Å². The number of carbonyl (C=O) groups excluding carboxylic acids is 1. The molecule has 0 saturated heterocycles. The van der Waals surface area contributed by atoms with Crippen LogP contribution in [0.3, 0.4) is 0 Å². The number of aromatic nitrogens is 4. The van der Waals surface area contributed by atoms with Gasteiger partial charge in [-0.05, 0) is 42.3 Å². The molecule has 2 aromatic carbocycles. The predicted molar refractivity (Wildman–Crippen MR) is 119 cm³/mol. The first-order valence-corrected chi connectivity index (χ1v) is 10.2. The maximum Gasteiger partial charge on any atom is 0.258 e. The van der Waals surface area contributed by atoms with Crippen molar-refractivity contribution in [3.05, 3.63) is 91.2 Å². The summed E-state index contributed by atoms with van der Waals surface area (Å²) in [5.74, 6) is -0.507. The van der Waals surface area contributed by atoms with E-state index in [0.29, 0.717) is 23.6 Å². The van der Waals surface area contributed by atoms with E-state index >= 15 is 0 Å². The number of para-hydroxylation sites is 2. The fraction of sp³-hybridized carbons (Fsp3) is 0.125. The normalized spacial score (nSPS) is 11.2. The number of nitrogens with one attached hydrogen (secondary N) is 1. The standard InChI is InChI=1S/C24H20FN5O2/c25-18-6-7-19(17-8-13-32-15-17)20(14-18)23(31)28-24-27-21-4-1-2-5-22(21)30(24)11-3-10-29-12-9-26-16-29/h1-2,4-9,12-16H,3,10-11H2,(H,27,28,31). The minimum atomic E-state index is -0.490. The summed E-state index contributed by atoms with van der Waals surface area (Å²) in [7, 11) is 0. The third kappa shape index (κ3) is 3.90. The molecule has 0 aliphatic carbocycles. The molecular weight excluding hydrogens is 409 g/mol. The van der Waals surface area contributed by atoms with Crippen molar-refractivity contribution in [2.75, 3.05) is 5.32 Å². The van der Waals surface area contributed by atoms with Crippen molar-refractivity contribution in [1.29, 1.82) is 0 Å². The summed E-state index contributed by atoms with van der Waals surface area (Å²) < 4.78 is 23.1. The number of benzene rings is 2. The molecule has 1 N–H and O–H groups in total. The van der Waals surface area contributed by atoms with Gasteiger partial charge in [0.05, 0.1) is 35.5 Å². The zero-order valence-electron chi connectivity index (χ0n) is 17.1. The minimum Gasteiger partial charge on any atom is -0.472 e. The molecule has 0 radical (unpaired) electrons. The van der Waals surface area contributed by atoms with Crippen molar-refractivity contribution >= 4 is 22.9 Å². The Balaban J connectivity index is 1.45. The average Bonchev–Trinajstić information content (AvgIpc) is 3.56. The number of fused-ring (bicyclic) bond motifs is 1. The van der Waals surface area contributed by atoms with E-state index in [1.165, 1.54) is 24.7 Å². The smallest absolute Gasteiger partial charge is 0.258 e. The van der Waals surface area contributed by atoms with Crippen molar-refractivity contribution in [2.24, 2.45) is 0 Å². The Hall–Kier alpha value is -4.20. The monoisotopic (exact) mass is 429 g/mol. The highest BCUT2D eigenvalue weighted by Crippen LogP contribution is 2.27. The number of nitrogens with zero attached hydrogens (tertiary/aromatic N) is 4. The highest BCUT2D eigenvalue weighted by atomic mass is 19.1. The van der Waals surface area contributed by atoms with Gasteiger partial charge < -0.3 is 13.6 Å². The fourth-order valence-electron chi connectivity index (χ4n) is 3.77. The van der Waals surface area contributed by atoms with Crippen molar-refractivity contribution < 1.29 is 13.6 Å². The molecule has 7 nitrogen and oxygen atoms in total. The van der Waals surface area contributed by atoms with Crippen LogP contribution in [0.5, 0.6) is 0 Å². The number of anilines is 1. The second kappa shape index (κ2) is 8.50. The molecule has 5 rings (SSSR count). The van der Waals surface area contributed by atoms with Gasteiger partial charge in [0.1, 0.15) is 5.82 Å². The molecule has 0 fully saturated rings. The predicted octanol–water partition coefficient (Wildman–Crippen LogP) is 4.97. The number of aryl methyl sites for hydroxylation is 2. The van der Waals surface area contributed by atoms with Gasteiger partial charge in [-0.2, -0.15) is 0 Å². The first-order chi connectivity index (χ1) is 15.7. The molecule has 3 heterocycles. The first kappa shape index (κ1) is 19.7. The van der Waals surface area contributed by atoms with Crippen molar-refractivity contribution in [3.63, 3.8) is 0 Å². The van der Waals surface area contributed by atoms with Crippen LogP contribution in [-0.2, 0) is 13.1 Å². The lowest BCUT2D eigenvalue weighted by Gasteiger charge is -2.12. The van der Waals surface area contributed by atoms with Crippen molar-refractivity contribution in [1.82, 2.24) is 19.1 Å². The van der Waals surface area contributed by atoms with Gasteiger partial charge in [0.2, 0.25) is 5.95 Å². The molecule has 0 aliphatic heterocycles. The lowest BCUT2D eigenvalue weighted by molar-refractivity contribution is 0.102. The van der Waals surface area contributed by atoms with E-state index in [-0.39, 0.29) is 5.56 Å². The Kier molecular flexibility index (Phi) is 5.25. The number of imidazole rings is 2. The van der Waals surface area contributed by atoms with Crippen molar-refractivity contribution in [2.45, 2.75) is 19.5 Å². The van der Waals surface area contributed by atoms with Crippen LogP contribution in [0, 0.1) is 5.82 Å². The average molecular weight is 429 g/mol. The van der Waals surface area contributed by atoms with Gasteiger partial charge in [0, 0.05) is 31.0 Å². The summed E-state index contributed by atoms with van der Waals surface area (Å²) in [5, 5.41) is 2.89. The van der Waals surface area contributed by atoms with Crippen LogP contribution < -0.4 is 5.32 Å². The number of carbonyl (C=O) groups is 1. The highest BCUT2D eigenvalue weighted by Gasteiger charge is 2.18. The van der Waals surface area contributed by atoms with Gasteiger partial charge in [-0.25, -0.2) is 14.4 Å². The zero-order chi connectivity index (χ0) is 21.9. The summed E-state index contributed by atoms with van der Waals surface area (Å²) in [6.07, 6.45) is 9.29. The molecule has 3 aromatic heterocycles. The largest absolute Gasteiger partial charge is 0.472 e. The highest BCUT2D eigenvalue weighted by molar-refractivity contribution is 6.08. The Morgan fingerprint density at radius 1 is 1.12 bits per heavy atom. The lowest BCUT2D eigenvalue weighted by atomic mass is 10.0. The first-order valence-electron chi connectivity index (χ1n) is 10.2. The number of furan rings is 1. The summed E-state index contributed by atoms with van der Waals surface area (Å²) in [4.78, 5) is 21.9. The minimum absolute atomic E-state index is 0.212. The molecule has 8 heteroatoms. The van der Waals surface area contributed by atoms with Gasteiger partial charge in [-0.15, -0.1) is 0 Å². The van der Waals surface area contributed by atoms with E-state index in [9.17, 15) is 9.18 Å². The fourth-order valence-corrected chi connectivity index (χ4v) is 3.77. The summed E-state index contributed by atoms with van der Waals surface area (Å²) in [6.45, 7) is 1.43. The van der Waals surface area contributed by atoms with Gasteiger partial charge >= 0.3 is 0 Å². The Bertz CT molecular complexity index is 1360. The molecule has 0 atom stereocenters. The number of amides is 1. The maximum absolute atomic E-state index is 14.0. The number of hydrogen-bond acceptors (Lipinski definition) is 4. The second-order valence-electron chi connectivity index (χ2n) is 7.39. The Morgan fingerprint density at radius 3 is 2.84 bits per heavy atom. The molecule has 5 aromatic rings. The van der Waals surface area contributed by atoms with Crippen LogP contribution in [0.25, 0.3) is 22.2 Å². The Morgan fingerprint density at radius 2 is 2.03 bits per heavy atom. The van der Waals surface area contributed by atoms with E-state index in [2.05, 4.69) is 15.3 Å². The van der Waals surface area contributed by atoms with E-state index < -0.39 is 11.7 Å². The number of rotatable bonds is 7. The van der Waals surface area contributed by atoms with E-state index in [1.54, 1.807) is 24.7 Å². The maximum atomic E-state index is 14.0. The van der Waals surface area contributed by atoms with Crippen LogP contribution in [0.2, 0.25) is 0 Å². The molecular formula is C24H20FN5O2. The summed E-state index contributed by atoms with van der Waals surface area (Å²) in [6, 6.07) is 13.6. The van der Waals surface area contributed by atoms with Gasteiger partial charge in [-0.1, -0.05) is 18.2 Å². The lowest BCUT2D eigenvalue weighted by Crippen LogP contribution is -2.17. The molecule has 32 heavy (non-hydrogen) atoms. The second-order valence-corrected chi connectivity index (χ2v) is 7.39. The van der Waals surface area contributed by atoms with Crippen LogP contribution in [0.4, 0.5) is 10.3 Å².